The summed E-state index contributed by atoms with van der Waals surface area (Å²) in [6.07, 6.45) is 64.4. The van der Waals surface area contributed by atoms with Gasteiger partial charge in [-0.25, -0.2) is 9.13 Å². The topological polar surface area (TPSA) is 237 Å². The van der Waals surface area contributed by atoms with Crippen molar-refractivity contribution < 1.29 is 80.2 Å². The van der Waals surface area contributed by atoms with Crippen LogP contribution in [0.2, 0.25) is 0 Å². The fraction of sp³-hybridized carbons (Fsp3) is 0.896. The molecule has 0 fully saturated rings. The van der Waals surface area contributed by atoms with Crippen molar-refractivity contribution in [2.24, 2.45) is 0 Å². The molecule has 0 rings (SSSR count). The number of hydrogen-bond acceptors (Lipinski definition) is 15. The number of hydrogen-bond donors (Lipinski definition) is 3. The van der Waals surface area contributed by atoms with Gasteiger partial charge in [-0.1, -0.05) is 309 Å². The van der Waals surface area contributed by atoms with Crippen LogP contribution in [0.4, 0.5) is 0 Å². The Morgan fingerprint density at radius 1 is 0.281 bits per heavy atom. The van der Waals surface area contributed by atoms with E-state index in [1.54, 1.807) is 0 Å². The molecule has 0 aromatic rings. The molecule has 17 nitrogen and oxygen atoms in total. The van der Waals surface area contributed by atoms with Crippen LogP contribution in [0.5, 0.6) is 0 Å². The number of phosphoric acid groups is 2. The van der Waals surface area contributed by atoms with Crippen molar-refractivity contribution >= 4 is 39.5 Å². The first kappa shape index (κ1) is 93.5. The summed E-state index contributed by atoms with van der Waals surface area (Å²) in [7, 11) is -9.92. The lowest BCUT2D eigenvalue weighted by Gasteiger charge is -2.21. The molecule has 0 heterocycles. The van der Waals surface area contributed by atoms with E-state index in [2.05, 4.69) is 52.0 Å². The average molecular weight is 1410 g/mol. The number of carbonyl (C=O) groups excluding carboxylic acids is 4. The quantitative estimate of drug-likeness (QED) is 0.0169. The van der Waals surface area contributed by atoms with Crippen LogP contribution >= 0.6 is 15.6 Å². The molecule has 96 heavy (non-hydrogen) atoms. The molecular weight excluding hydrogens is 1260 g/mol. The lowest BCUT2D eigenvalue weighted by atomic mass is 10.0. The van der Waals surface area contributed by atoms with Gasteiger partial charge in [-0.2, -0.15) is 0 Å². The van der Waals surface area contributed by atoms with Crippen molar-refractivity contribution in [1.29, 1.82) is 0 Å². The first-order valence-corrected chi connectivity index (χ1v) is 42.6. The molecule has 0 aromatic carbocycles. The van der Waals surface area contributed by atoms with Crippen LogP contribution in [0.25, 0.3) is 0 Å². The van der Waals surface area contributed by atoms with Crippen LogP contribution in [0.15, 0.2) is 24.3 Å². The summed E-state index contributed by atoms with van der Waals surface area (Å²) in [6, 6.07) is 0. The number of ether oxygens (including phenoxy) is 4. The summed E-state index contributed by atoms with van der Waals surface area (Å²) in [4.78, 5) is 72.9. The van der Waals surface area contributed by atoms with E-state index < -0.39 is 97.5 Å². The standard InChI is InChI=1S/C77H146O17P2/c1-5-9-13-17-21-25-29-33-35-39-41-45-49-53-57-61-74(79)87-67-72(93-76(81)63-59-55-51-47-43-37-31-27-23-19-15-11-7-3)69-91-95(83,84)89-65-71(78)66-90-96(85,86)92-70-73(94-77(82)64-60-56-52-48-44-38-32-28-24-20-16-12-8-4)68-88-75(80)62-58-54-50-46-42-40-36-34-30-26-22-18-14-10-6-2/h25,29,34,36,71-73,78H,5-24,26-28,30-33,35,37-70H2,1-4H3,(H,83,84)(H,85,86)/b29-25-,36-34-/t71-,72+,73+/m0/s1. The van der Waals surface area contributed by atoms with Crippen LogP contribution in [0.3, 0.4) is 0 Å². The van der Waals surface area contributed by atoms with Crippen molar-refractivity contribution in [1.82, 2.24) is 0 Å². The van der Waals surface area contributed by atoms with E-state index in [0.717, 1.165) is 128 Å². The predicted octanol–water partition coefficient (Wildman–Crippen LogP) is 22.6. The van der Waals surface area contributed by atoms with Crippen LogP contribution in [-0.2, 0) is 65.4 Å². The van der Waals surface area contributed by atoms with E-state index in [4.69, 9.17) is 37.0 Å². The molecular formula is C77H146O17P2. The Morgan fingerprint density at radius 3 is 0.729 bits per heavy atom. The molecule has 0 spiro atoms. The molecule has 0 aromatic heterocycles. The zero-order valence-corrected chi connectivity index (χ0v) is 63.6. The van der Waals surface area contributed by atoms with Crippen molar-refractivity contribution in [3.05, 3.63) is 24.3 Å². The summed E-state index contributed by atoms with van der Waals surface area (Å²) in [5, 5.41) is 10.6. The Kier molecular flexibility index (Phi) is 69.1. The van der Waals surface area contributed by atoms with E-state index in [1.165, 1.54) is 180 Å². The Balaban J connectivity index is 5.28. The van der Waals surface area contributed by atoms with Crippen molar-refractivity contribution in [3.8, 4) is 0 Å². The minimum Gasteiger partial charge on any atom is -0.462 e. The smallest absolute Gasteiger partial charge is 0.462 e. The Bertz CT molecular complexity index is 1920. The van der Waals surface area contributed by atoms with Gasteiger partial charge in [0.25, 0.3) is 0 Å². The number of allylic oxidation sites excluding steroid dienone is 4. The van der Waals surface area contributed by atoms with Gasteiger partial charge in [-0.05, 0) is 77.0 Å². The lowest BCUT2D eigenvalue weighted by molar-refractivity contribution is -0.161. The molecule has 0 aliphatic heterocycles. The van der Waals surface area contributed by atoms with E-state index in [-0.39, 0.29) is 25.7 Å². The number of phosphoric ester groups is 2. The largest absolute Gasteiger partial charge is 0.472 e. The van der Waals surface area contributed by atoms with E-state index in [1.807, 2.05) is 0 Å². The number of carbonyl (C=O) groups is 4. The fourth-order valence-electron chi connectivity index (χ4n) is 11.3. The molecule has 0 amide bonds. The monoisotopic (exact) mass is 1410 g/mol. The van der Waals surface area contributed by atoms with E-state index in [9.17, 15) is 43.2 Å². The van der Waals surface area contributed by atoms with E-state index in [0.29, 0.717) is 25.7 Å². The molecule has 0 radical (unpaired) electrons. The number of rotatable bonds is 76. The molecule has 5 atom stereocenters. The maximum absolute atomic E-state index is 13.1. The van der Waals surface area contributed by atoms with E-state index >= 15 is 0 Å². The highest BCUT2D eigenvalue weighted by molar-refractivity contribution is 7.47. The summed E-state index contributed by atoms with van der Waals surface area (Å²) < 4.78 is 68.5. The van der Waals surface area contributed by atoms with Crippen molar-refractivity contribution in [2.45, 2.75) is 406 Å². The van der Waals surface area contributed by atoms with Crippen LogP contribution < -0.4 is 0 Å². The van der Waals surface area contributed by atoms with Crippen LogP contribution in [0, 0.1) is 0 Å². The summed E-state index contributed by atoms with van der Waals surface area (Å²) in [6.45, 7) is 4.94. The summed E-state index contributed by atoms with van der Waals surface area (Å²) >= 11 is 0. The van der Waals surface area contributed by atoms with Gasteiger partial charge in [0.1, 0.15) is 19.3 Å². The third-order valence-electron chi connectivity index (χ3n) is 17.4. The van der Waals surface area contributed by atoms with Gasteiger partial charge in [0.2, 0.25) is 0 Å². The normalized spacial score (nSPS) is 14.0. The first-order chi connectivity index (χ1) is 46.7. The number of aliphatic hydroxyl groups is 1. The Hall–Kier alpha value is -2.46. The molecule has 19 heteroatoms. The van der Waals surface area contributed by atoms with Crippen molar-refractivity contribution in [3.63, 3.8) is 0 Å². The number of unbranched alkanes of at least 4 members (excludes halogenated alkanes) is 46. The van der Waals surface area contributed by atoms with Gasteiger partial charge in [0.15, 0.2) is 12.2 Å². The Labute approximate surface area is 586 Å². The molecule has 0 saturated heterocycles. The molecule has 0 bridgehead atoms. The second-order valence-electron chi connectivity index (χ2n) is 27.0. The Morgan fingerprint density at radius 2 is 0.479 bits per heavy atom. The molecule has 3 N–H and O–H groups in total. The maximum Gasteiger partial charge on any atom is 0.472 e. The van der Waals surface area contributed by atoms with Crippen LogP contribution in [-0.4, -0.2) is 96.7 Å². The third kappa shape index (κ3) is 70.0. The minimum atomic E-state index is -4.96. The second-order valence-corrected chi connectivity index (χ2v) is 29.9. The molecule has 0 aliphatic carbocycles. The lowest BCUT2D eigenvalue weighted by Crippen LogP contribution is -2.30. The number of aliphatic hydroxyl groups excluding tert-OH is 1. The number of esters is 4. The second kappa shape index (κ2) is 71.0. The zero-order valence-electron chi connectivity index (χ0n) is 61.8. The average Bonchev–Trinajstić information content (AvgIpc) is 1.14. The predicted molar refractivity (Wildman–Crippen MR) is 391 cm³/mol. The first-order valence-electron chi connectivity index (χ1n) is 39.6. The summed E-state index contributed by atoms with van der Waals surface area (Å²) in [5.74, 6) is -2.14. The van der Waals surface area contributed by atoms with Gasteiger partial charge < -0.3 is 33.8 Å². The molecule has 0 saturated carbocycles. The summed E-state index contributed by atoms with van der Waals surface area (Å²) in [5.41, 5.74) is 0. The van der Waals surface area contributed by atoms with Gasteiger partial charge >= 0.3 is 39.5 Å². The highest BCUT2D eigenvalue weighted by atomic mass is 31.2. The van der Waals surface area contributed by atoms with Gasteiger partial charge in [-0.3, -0.25) is 37.3 Å². The fourth-order valence-corrected chi connectivity index (χ4v) is 12.9. The molecule has 0 aliphatic rings. The minimum absolute atomic E-state index is 0.103. The maximum atomic E-state index is 13.1. The molecule has 2 unspecified atom stereocenters. The SMILES string of the molecule is CCCCCC/C=C\CCCCCCCCCC(=O)OC[C@H](COP(=O)(O)OC[C@H](O)COP(=O)(O)OC[C@@H](COC(=O)CCCCCCC/C=C\CCCCCCCC)OC(=O)CCCCCCCCCCCCCCC)OC(=O)CCCCCCCCCCCCCCC. The van der Waals surface area contributed by atoms with Gasteiger partial charge in [0, 0.05) is 25.7 Å². The van der Waals surface area contributed by atoms with Gasteiger partial charge in [0.05, 0.1) is 26.4 Å². The highest BCUT2D eigenvalue weighted by Crippen LogP contribution is 2.45. The third-order valence-corrected chi connectivity index (χ3v) is 19.3. The molecule has 566 valence electrons. The zero-order chi connectivity index (χ0) is 70.4. The highest BCUT2D eigenvalue weighted by Gasteiger charge is 2.30. The van der Waals surface area contributed by atoms with Crippen LogP contribution in [0.1, 0.15) is 387 Å². The van der Waals surface area contributed by atoms with Crippen molar-refractivity contribution in [2.75, 3.05) is 39.6 Å². The van der Waals surface area contributed by atoms with Gasteiger partial charge in [-0.15, -0.1) is 0 Å².